The molecule has 4 rings (SSSR count). The minimum absolute atomic E-state index is 0.0377. The molecule has 1 aliphatic heterocycles. The van der Waals surface area contributed by atoms with E-state index >= 15 is 0 Å². The lowest BCUT2D eigenvalue weighted by atomic mass is 10.1. The van der Waals surface area contributed by atoms with E-state index in [9.17, 15) is 4.79 Å². The second-order valence-corrected chi connectivity index (χ2v) is 6.35. The smallest absolute Gasteiger partial charge is 0.254 e. The van der Waals surface area contributed by atoms with Crippen molar-refractivity contribution in [2.24, 2.45) is 0 Å². The van der Waals surface area contributed by atoms with Crippen LogP contribution in [0, 0.1) is 0 Å². The molecule has 2 heterocycles. The number of benzene rings is 2. The summed E-state index contributed by atoms with van der Waals surface area (Å²) in [5.41, 5.74) is 4.00. The number of H-pyrrole nitrogens is 1. The Hall–Kier alpha value is -2.62. The Labute approximate surface area is 141 Å². The van der Waals surface area contributed by atoms with E-state index in [2.05, 4.69) is 11.9 Å². The zero-order valence-corrected chi connectivity index (χ0v) is 13.8. The number of aromatic nitrogens is 2. The molecule has 1 N–H and O–H groups in total. The van der Waals surface area contributed by atoms with Crippen molar-refractivity contribution in [1.29, 1.82) is 0 Å². The highest BCUT2D eigenvalue weighted by Gasteiger charge is 2.32. The fourth-order valence-electron chi connectivity index (χ4n) is 3.47. The molecule has 0 radical (unpaired) electrons. The maximum atomic E-state index is 12.9. The van der Waals surface area contributed by atoms with Crippen LogP contribution < -0.4 is 0 Å². The van der Waals surface area contributed by atoms with E-state index in [4.69, 9.17) is 4.98 Å². The number of aromatic amines is 1. The van der Waals surface area contributed by atoms with Gasteiger partial charge in [0.25, 0.3) is 5.91 Å². The van der Waals surface area contributed by atoms with E-state index in [1.54, 1.807) is 0 Å². The van der Waals surface area contributed by atoms with Crippen LogP contribution in [-0.4, -0.2) is 27.3 Å². The first-order valence-corrected chi connectivity index (χ1v) is 8.61. The number of fused-ring (bicyclic) bond motifs is 1. The van der Waals surface area contributed by atoms with Crippen molar-refractivity contribution in [2.75, 3.05) is 6.54 Å². The molecule has 2 aromatic carbocycles. The fraction of sp³-hybridized carbons (Fsp3) is 0.300. The number of nitrogens with one attached hydrogen (secondary N) is 1. The van der Waals surface area contributed by atoms with Gasteiger partial charge in [0.1, 0.15) is 5.82 Å². The topological polar surface area (TPSA) is 49.0 Å². The van der Waals surface area contributed by atoms with Crippen LogP contribution in [0.4, 0.5) is 0 Å². The van der Waals surface area contributed by atoms with Crippen molar-refractivity contribution >= 4 is 16.9 Å². The molecular weight excluding hydrogens is 298 g/mol. The number of rotatable bonds is 3. The van der Waals surface area contributed by atoms with Gasteiger partial charge in [0.05, 0.1) is 17.1 Å². The summed E-state index contributed by atoms with van der Waals surface area (Å²) in [4.78, 5) is 23.0. The van der Waals surface area contributed by atoms with Crippen LogP contribution in [-0.2, 0) is 6.42 Å². The second kappa shape index (κ2) is 6.11. The van der Waals surface area contributed by atoms with Gasteiger partial charge in [-0.15, -0.1) is 0 Å². The number of likely N-dealkylation sites (tertiary alicyclic amines) is 1. The van der Waals surface area contributed by atoms with Gasteiger partial charge in [0.15, 0.2) is 0 Å². The summed E-state index contributed by atoms with van der Waals surface area (Å²) in [5, 5.41) is 0. The number of carbonyl (C=O) groups is 1. The molecule has 1 aliphatic rings. The van der Waals surface area contributed by atoms with E-state index in [1.165, 1.54) is 5.56 Å². The summed E-state index contributed by atoms with van der Waals surface area (Å²) in [7, 11) is 0. The first-order chi connectivity index (χ1) is 11.8. The van der Waals surface area contributed by atoms with E-state index in [-0.39, 0.29) is 11.9 Å². The first kappa shape index (κ1) is 14.9. The third-order valence-corrected chi connectivity index (χ3v) is 4.85. The summed E-state index contributed by atoms with van der Waals surface area (Å²) in [6.07, 6.45) is 2.96. The number of nitrogens with zero attached hydrogens (tertiary/aromatic N) is 2. The molecule has 0 unspecified atom stereocenters. The molecular formula is C20H21N3O. The average molecular weight is 319 g/mol. The predicted octanol–water partition coefficient (Wildman–Crippen LogP) is 4.10. The van der Waals surface area contributed by atoms with Gasteiger partial charge in [0, 0.05) is 12.1 Å². The SMILES string of the molecule is CCc1ccc(C(=O)N2CCC[C@H]2c2nc3ccccc3[nH]2)cc1. The lowest BCUT2D eigenvalue weighted by Gasteiger charge is -2.23. The predicted molar refractivity (Wildman–Crippen MR) is 94.9 cm³/mol. The van der Waals surface area contributed by atoms with E-state index < -0.39 is 0 Å². The highest BCUT2D eigenvalue weighted by atomic mass is 16.2. The molecule has 4 nitrogen and oxygen atoms in total. The molecule has 1 saturated heterocycles. The van der Waals surface area contributed by atoms with Crippen molar-refractivity contribution < 1.29 is 4.79 Å². The standard InChI is InChI=1S/C20H21N3O/c1-2-14-9-11-15(12-10-14)20(24)23-13-5-8-18(23)19-21-16-6-3-4-7-17(16)22-19/h3-4,6-7,9-12,18H,2,5,8,13H2,1H3,(H,21,22)/t18-/m0/s1. The van der Waals surface area contributed by atoms with Gasteiger partial charge in [0.2, 0.25) is 0 Å². The summed E-state index contributed by atoms with van der Waals surface area (Å²) < 4.78 is 0. The molecule has 0 spiro atoms. The highest BCUT2D eigenvalue weighted by molar-refractivity contribution is 5.94. The van der Waals surface area contributed by atoms with Gasteiger partial charge in [-0.3, -0.25) is 4.79 Å². The van der Waals surface area contributed by atoms with Crippen LogP contribution in [0.2, 0.25) is 0 Å². The van der Waals surface area contributed by atoms with Crippen molar-refractivity contribution in [3.63, 3.8) is 0 Å². The summed E-state index contributed by atoms with van der Waals surface area (Å²) in [5.74, 6) is 0.993. The molecule has 0 bridgehead atoms. The number of aryl methyl sites for hydroxylation is 1. The lowest BCUT2D eigenvalue weighted by molar-refractivity contribution is 0.0730. The van der Waals surface area contributed by atoms with Gasteiger partial charge in [-0.1, -0.05) is 31.2 Å². The van der Waals surface area contributed by atoms with Crippen LogP contribution >= 0.6 is 0 Å². The Balaban J connectivity index is 1.62. The van der Waals surface area contributed by atoms with E-state index in [0.29, 0.717) is 0 Å². The quantitative estimate of drug-likeness (QED) is 0.790. The molecule has 1 aromatic heterocycles. The Bertz CT molecular complexity index is 833. The van der Waals surface area contributed by atoms with Crippen LogP contribution in [0.1, 0.15) is 47.6 Å². The molecule has 1 amide bonds. The maximum Gasteiger partial charge on any atom is 0.254 e. The van der Waals surface area contributed by atoms with Crippen LogP contribution in [0.25, 0.3) is 11.0 Å². The summed E-state index contributed by atoms with van der Waals surface area (Å²) in [6.45, 7) is 2.91. The molecule has 122 valence electrons. The van der Waals surface area contributed by atoms with Gasteiger partial charge < -0.3 is 9.88 Å². The third kappa shape index (κ3) is 2.58. The fourth-order valence-corrected chi connectivity index (χ4v) is 3.47. The molecule has 0 saturated carbocycles. The number of amides is 1. The Morgan fingerprint density at radius 3 is 2.75 bits per heavy atom. The second-order valence-electron chi connectivity index (χ2n) is 6.35. The van der Waals surface area contributed by atoms with Gasteiger partial charge in [-0.05, 0) is 49.1 Å². The molecule has 1 fully saturated rings. The molecule has 4 heteroatoms. The number of hydrogen-bond donors (Lipinski definition) is 1. The minimum atomic E-state index is 0.0377. The van der Waals surface area contributed by atoms with E-state index in [1.807, 2.05) is 53.4 Å². The normalized spacial score (nSPS) is 17.5. The maximum absolute atomic E-state index is 12.9. The first-order valence-electron chi connectivity index (χ1n) is 8.61. The Morgan fingerprint density at radius 1 is 1.21 bits per heavy atom. The van der Waals surface area contributed by atoms with Crippen LogP contribution in [0.15, 0.2) is 48.5 Å². The van der Waals surface area contributed by atoms with Crippen LogP contribution in [0.5, 0.6) is 0 Å². The van der Waals surface area contributed by atoms with Crippen molar-refractivity contribution in [2.45, 2.75) is 32.2 Å². The van der Waals surface area contributed by atoms with Crippen LogP contribution in [0.3, 0.4) is 0 Å². The monoisotopic (exact) mass is 319 g/mol. The van der Waals surface area contributed by atoms with E-state index in [0.717, 1.165) is 48.2 Å². The number of para-hydroxylation sites is 2. The van der Waals surface area contributed by atoms with Crippen molar-refractivity contribution in [3.8, 4) is 0 Å². The number of hydrogen-bond acceptors (Lipinski definition) is 2. The van der Waals surface area contributed by atoms with Gasteiger partial charge >= 0.3 is 0 Å². The largest absolute Gasteiger partial charge is 0.340 e. The average Bonchev–Trinajstić information content (AvgIpc) is 3.27. The minimum Gasteiger partial charge on any atom is -0.340 e. The zero-order chi connectivity index (χ0) is 16.5. The van der Waals surface area contributed by atoms with Gasteiger partial charge in [-0.2, -0.15) is 0 Å². The summed E-state index contributed by atoms with van der Waals surface area (Å²) in [6, 6.07) is 16.0. The van der Waals surface area contributed by atoms with Crippen molar-refractivity contribution in [3.05, 3.63) is 65.5 Å². The lowest BCUT2D eigenvalue weighted by Crippen LogP contribution is -2.31. The zero-order valence-electron chi connectivity index (χ0n) is 13.8. The molecule has 1 atom stereocenters. The number of imidazole rings is 1. The Morgan fingerprint density at radius 2 is 2.00 bits per heavy atom. The molecule has 24 heavy (non-hydrogen) atoms. The summed E-state index contributed by atoms with van der Waals surface area (Å²) >= 11 is 0. The highest BCUT2D eigenvalue weighted by Crippen LogP contribution is 2.32. The van der Waals surface area contributed by atoms with Gasteiger partial charge in [-0.25, -0.2) is 4.98 Å². The Kier molecular flexibility index (Phi) is 3.81. The molecule has 3 aromatic rings. The molecule has 0 aliphatic carbocycles. The number of carbonyl (C=O) groups excluding carboxylic acids is 1. The third-order valence-electron chi connectivity index (χ3n) is 4.85. The van der Waals surface area contributed by atoms with Crippen molar-refractivity contribution in [1.82, 2.24) is 14.9 Å².